The number of amides is 2. The van der Waals surface area contributed by atoms with E-state index in [0.29, 0.717) is 12.8 Å². The van der Waals surface area contributed by atoms with Crippen molar-refractivity contribution in [1.29, 1.82) is 0 Å². The summed E-state index contributed by atoms with van der Waals surface area (Å²) in [4.78, 5) is 26.5. The largest absolute Gasteiger partial charge is 0.465 e. The first kappa shape index (κ1) is 33.2. The highest BCUT2D eigenvalue weighted by Crippen LogP contribution is 2.23. The maximum atomic E-state index is 13.0. The molecule has 0 aromatic heterocycles. The van der Waals surface area contributed by atoms with Crippen molar-refractivity contribution in [2.45, 2.75) is 83.7 Å². The van der Waals surface area contributed by atoms with Crippen LogP contribution in [0.4, 0.5) is 4.79 Å². The number of carbonyl (C=O) groups excluding carboxylic acids is 1. The fourth-order valence-corrected chi connectivity index (χ4v) is 4.75. The van der Waals surface area contributed by atoms with E-state index in [2.05, 4.69) is 10.6 Å². The standard InChI is InChI=1S/C31H47N3O6/c1-30(2,3)34(29(39)40)25(19-23-14-10-7-11-15-23)27(37)21-32-20-26(36)24(18-22-12-8-6-9-13-22)33-28(38)31(4,5)16-17-35/h6-15,24-27,32,35-37H,16-21H2,1-5H3,(H,33,38)(H,39,40)/t24-,25-,26+,27+/m0/s1. The molecule has 0 spiro atoms. The van der Waals surface area contributed by atoms with Crippen LogP contribution in [0.3, 0.4) is 0 Å². The first-order valence-corrected chi connectivity index (χ1v) is 13.8. The van der Waals surface area contributed by atoms with Crippen LogP contribution < -0.4 is 10.6 Å². The Bertz CT molecular complexity index is 1040. The number of aliphatic hydroxyl groups is 3. The number of nitrogens with one attached hydrogen (secondary N) is 2. The Hall–Kier alpha value is -2.98. The molecule has 4 atom stereocenters. The van der Waals surface area contributed by atoms with Crippen molar-refractivity contribution in [2.24, 2.45) is 5.41 Å². The van der Waals surface area contributed by atoms with Gasteiger partial charge in [0.15, 0.2) is 0 Å². The van der Waals surface area contributed by atoms with E-state index in [1.54, 1.807) is 34.6 Å². The molecule has 0 radical (unpaired) electrons. The zero-order chi connectivity index (χ0) is 29.9. The molecule has 0 bridgehead atoms. The molecular formula is C31H47N3O6. The summed E-state index contributed by atoms with van der Waals surface area (Å²) < 4.78 is 0. The van der Waals surface area contributed by atoms with E-state index in [4.69, 9.17) is 0 Å². The Balaban J connectivity index is 2.15. The monoisotopic (exact) mass is 557 g/mol. The van der Waals surface area contributed by atoms with Crippen molar-refractivity contribution in [3.8, 4) is 0 Å². The van der Waals surface area contributed by atoms with Crippen molar-refractivity contribution in [3.63, 3.8) is 0 Å². The minimum atomic E-state index is -1.12. The van der Waals surface area contributed by atoms with E-state index >= 15 is 0 Å². The van der Waals surface area contributed by atoms with Crippen molar-refractivity contribution < 1.29 is 30.0 Å². The summed E-state index contributed by atoms with van der Waals surface area (Å²) in [6.45, 7) is 8.84. The van der Waals surface area contributed by atoms with Gasteiger partial charge in [0.2, 0.25) is 5.91 Å². The van der Waals surface area contributed by atoms with Crippen LogP contribution in [0, 0.1) is 5.41 Å². The molecule has 0 fully saturated rings. The van der Waals surface area contributed by atoms with E-state index in [-0.39, 0.29) is 32.0 Å². The van der Waals surface area contributed by atoms with Crippen LogP contribution in [0.25, 0.3) is 0 Å². The maximum absolute atomic E-state index is 13.0. The number of hydrogen-bond donors (Lipinski definition) is 6. The van der Waals surface area contributed by atoms with Gasteiger partial charge >= 0.3 is 6.09 Å². The molecule has 0 unspecified atom stereocenters. The smallest absolute Gasteiger partial charge is 0.408 e. The molecule has 2 rings (SSSR count). The Morgan fingerprint density at radius 2 is 1.32 bits per heavy atom. The Morgan fingerprint density at radius 3 is 1.80 bits per heavy atom. The molecule has 0 aliphatic heterocycles. The molecule has 222 valence electrons. The molecule has 40 heavy (non-hydrogen) atoms. The summed E-state index contributed by atoms with van der Waals surface area (Å²) in [6, 6.07) is 17.6. The lowest BCUT2D eigenvalue weighted by Gasteiger charge is -2.42. The molecule has 0 heterocycles. The second-order valence-corrected chi connectivity index (χ2v) is 12.0. The summed E-state index contributed by atoms with van der Waals surface area (Å²) in [5.41, 5.74) is 0.277. The highest BCUT2D eigenvalue weighted by Gasteiger charge is 2.37. The Labute approximate surface area is 238 Å². The number of rotatable bonds is 15. The zero-order valence-electron chi connectivity index (χ0n) is 24.4. The molecule has 0 aliphatic carbocycles. The SMILES string of the molecule is CC(C)(CCO)C(=O)N[C@@H](Cc1ccccc1)[C@H](O)CNC[C@@H](O)[C@H](Cc1ccccc1)N(C(=O)O)C(C)(C)C. The average molecular weight is 558 g/mol. The van der Waals surface area contributed by atoms with Crippen LogP contribution in [0.2, 0.25) is 0 Å². The van der Waals surface area contributed by atoms with Gasteiger partial charge in [-0.2, -0.15) is 0 Å². The number of carbonyl (C=O) groups is 2. The Morgan fingerprint density at radius 1 is 0.825 bits per heavy atom. The van der Waals surface area contributed by atoms with Crippen molar-refractivity contribution in [1.82, 2.24) is 15.5 Å². The summed E-state index contributed by atoms with van der Waals surface area (Å²) in [6.07, 6.45) is -2.18. The average Bonchev–Trinajstić information content (AvgIpc) is 2.87. The molecule has 9 heteroatoms. The number of hydrogen-bond acceptors (Lipinski definition) is 6. The fourth-order valence-electron chi connectivity index (χ4n) is 4.75. The lowest BCUT2D eigenvalue weighted by molar-refractivity contribution is -0.131. The summed E-state index contributed by atoms with van der Waals surface area (Å²) >= 11 is 0. The third kappa shape index (κ3) is 10.2. The van der Waals surface area contributed by atoms with Crippen molar-refractivity contribution in [3.05, 3.63) is 71.8 Å². The van der Waals surface area contributed by atoms with Gasteiger partial charge in [0, 0.05) is 30.7 Å². The van der Waals surface area contributed by atoms with E-state index in [0.717, 1.165) is 11.1 Å². The number of benzene rings is 2. The van der Waals surface area contributed by atoms with Crippen LogP contribution in [-0.4, -0.2) is 86.9 Å². The van der Waals surface area contributed by atoms with E-state index in [1.807, 2.05) is 60.7 Å². The number of carboxylic acid groups (broad SMARTS) is 1. The molecule has 0 saturated heterocycles. The van der Waals surface area contributed by atoms with Crippen molar-refractivity contribution in [2.75, 3.05) is 19.7 Å². The third-order valence-electron chi connectivity index (χ3n) is 7.13. The molecule has 2 aromatic rings. The molecular weight excluding hydrogens is 510 g/mol. The Kier molecular flexibility index (Phi) is 12.6. The quantitative estimate of drug-likeness (QED) is 0.198. The van der Waals surface area contributed by atoms with Gasteiger partial charge in [-0.1, -0.05) is 74.5 Å². The molecule has 0 aliphatic rings. The second kappa shape index (κ2) is 15.1. The molecule has 0 saturated carbocycles. The number of aliphatic hydroxyl groups excluding tert-OH is 3. The van der Waals surface area contributed by atoms with Gasteiger partial charge in [0.05, 0.1) is 24.3 Å². The maximum Gasteiger partial charge on any atom is 0.408 e. The highest BCUT2D eigenvalue weighted by atomic mass is 16.4. The minimum absolute atomic E-state index is 0.0381. The number of nitrogens with zero attached hydrogens (tertiary/aromatic N) is 1. The predicted molar refractivity (Wildman–Crippen MR) is 156 cm³/mol. The lowest BCUT2D eigenvalue weighted by atomic mass is 9.87. The van der Waals surface area contributed by atoms with Crippen LogP contribution in [0.15, 0.2) is 60.7 Å². The van der Waals surface area contributed by atoms with Crippen LogP contribution in [-0.2, 0) is 17.6 Å². The third-order valence-corrected chi connectivity index (χ3v) is 7.13. The van der Waals surface area contributed by atoms with E-state index in [1.165, 1.54) is 4.90 Å². The molecule has 9 nitrogen and oxygen atoms in total. The fraction of sp³-hybridized carbons (Fsp3) is 0.548. The second-order valence-electron chi connectivity index (χ2n) is 12.0. The van der Waals surface area contributed by atoms with Crippen LogP contribution >= 0.6 is 0 Å². The van der Waals surface area contributed by atoms with Crippen LogP contribution in [0.5, 0.6) is 0 Å². The van der Waals surface area contributed by atoms with Gasteiger partial charge < -0.3 is 31.1 Å². The van der Waals surface area contributed by atoms with E-state index < -0.39 is 41.3 Å². The minimum Gasteiger partial charge on any atom is -0.465 e. The zero-order valence-corrected chi connectivity index (χ0v) is 24.4. The topological polar surface area (TPSA) is 142 Å². The highest BCUT2D eigenvalue weighted by molar-refractivity contribution is 5.82. The summed E-state index contributed by atoms with van der Waals surface area (Å²) in [7, 11) is 0. The van der Waals surface area contributed by atoms with Gasteiger partial charge in [-0.15, -0.1) is 0 Å². The molecule has 6 N–H and O–H groups in total. The van der Waals surface area contributed by atoms with Gasteiger partial charge in [0.25, 0.3) is 0 Å². The molecule has 2 amide bonds. The van der Waals surface area contributed by atoms with Gasteiger partial charge in [-0.3, -0.25) is 9.69 Å². The van der Waals surface area contributed by atoms with Gasteiger partial charge in [-0.25, -0.2) is 4.79 Å². The van der Waals surface area contributed by atoms with E-state index in [9.17, 15) is 30.0 Å². The normalized spacial score (nSPS) is 15.1. The first-order chi connectivity index (χ1) is 18.8. The summed E-state index contributed by atoms with van der Waals surface area (Å²) in [5.74, 6) is -0.272. The van der Waals surface area contributed by atoms with Crippen molar-refractivity contribution >= 4 is 12.0 Å². The van der Waals surface area contributed by atoms with Crippen LogP contribution in [0.1, 0.15) is 52.2 Å². The predicted octanol–water partition coefficient (Wildman–Crippen LogP) is 2.82. The van der Waals surface area contributed by atoms with Gasteiger partial charge in [-0.05, 0) is 51.2 Å². The first-order valence-electron chi connectivity index (χ1n) is 13.8. The lowest BCUT2D eigenvalue weighted by Crippen LogP contribution is -2.58. The summed E-state index contributed by atoms with van der Waals surface area (Å²) in [5, 5.41) is 47.7. The van der Waals surface area contributed by atoms with Gasteiger partial charge in [0.1, 0.15) is 0 Å². The molecule has 2 aromatic carbocycles.